The Balaban J connectivity index is 1.18. The number of aromatic nitrogens is 1. The number of nitrogens with zero attached hydrogens (tertiary/aromatic N) is 3. The average Bonchev–Trinajstić information content (AvgIpc) is 3.35. The van der Waals surface area contributed by atoms with Crippen LogP contribution >= 0.6 is 11.3 Å². The molecule has 1 N–H and O–H groups in total. The molecule has 6 rings (SSSR count). The normalized spacial score (nSPS) is 16.4. The van der Waals surface area contributed by atoms with E-state index in [2.05, 4.69) is 47.5 Å². The number of amides is 1. The van der Waals surface area contributed by atoms with Crippen molar-refractivity contribution in [2.24, 2.45) is 0 Å². The van der Waals surface area contributed by atoms with Crippen molar-refractivity contribution >= 4 is 39.1 Å². The van der Waals surface area contributed by atoms with Gasteiger partial charge in [-0.15, -0.1) is 11.3 Å². The number of carbonyl (C=O) groups is 2. The zero-order valence-electron chi connectivity index (χ0n) is 23.1. The molecule has 7 nitrogen and oxygen atoms in total. The minimum Gasteiger partial charge on any atom is -0.452 e. The summed E-state index contributed by atoms with van der Waals surface area (Å²) in [5, 5.41) is 14.0. The third kappa shape index (κ3) is 5.48. The maximum Gasteiger partial charge on any atom is 0.339 e. The molecule has 0 saturated heterocycles. The predicted molar refractivity (Wildman–Crippen MR) is 160 cm³/mol. The summed E-state index contributed by atoms with van der Waals surface area (Å²) in [5.41, 5.74) is 5.92. The molecule has 2 aliphatic rings. The fourth-order valence-corrected chi connectivity index (χ4v) is 7.45. The highest BCUT2D eigenvalue weighted by Gasteiger charge is 2.29. The van der Waals surface area contributed by atoms with E-state index in [1.54, 1.807) is 0 Å². The largest absolute Gasteiger partial charge is 0.452 e. The number of nitriles is 1. The zero-order valence-corrected chi connectivity index (χ0v) is 23.9. The van der Waals surface area contributed by atoms with Gasteiger partial charge >= 0.3 is 5.97 Å². The number of fused-ring (bicyclic) bond motifs is 3. The van der Waals surface area contributed by atoms with E-state index in [0.717, 1.165) is 77.8 Å². The second-order valence-corrected chi connectivity index (χ2v) is 11.9. The number of nitrogens with one attached hydrogen (secondary N) is 1. The van der Waals surface area contributed by atoms with Gasteiger partial charge in [-0.2, -0.15) is 5.26 Å². The highest BCUT2D eigenvalue weighted by Crippen LogP contribution is 2.42. The summed E-state index contributed by atoms with van der Waals surface area (Å²) in [6.07, 6.45) is 4.41. The van der Waals surface area contributed by atoms with Crippen molar-refractivity contribution in [1.29, 1.82) is 5.26 Å². The number of hydrogen-bond acceptors (Lipinski definition) is 7. The number of anilines is 1. The Hall–Kier alpha value is -4.06. The molecule has 2 aromatic carbocycles. The number of rotatable bonds is 7. The molecular formula is C33H32N4O3S. The molecule has 1 unspecified atom stereocenters. The van der Waals surface area contributed by atoms with Crippen LogP contribution in [0.15, 0.2) is 54.6 Å². The van der Waals surface area contributed by atoms with Crippen molar-refractivity contribution in [3.8, 4) is 6.07 Å². The number of esters is 1. The van der Waals surface area contributed by atoms with Crippen molar-refractivity contribution in [2.75, 3.05) is 25.0 Å². The van der Waals surface area contributed by atoms with E-state index >= 15 is 0 Å². The van der Waals surface area contributed by atoms with E-state index in [1.807, 2.05) is 30.3 Å². The molecule has 1 amide bonds. The van der Waals surface area contributed by atoms with E-state index in [1.165, 1.54) is 16.9 Å². The molecule has 4 aromatic rings. The molecule has 0 spiro atoms. The van der Waals surface area contributed by atoms with Gasteiger partial charge in [0.1, 0.15) is 11.1 Å². The van der Waals surface area contributed by atoms with Crippen LogP contribution in [0, 0.1) is 11.3 Å². The van der Waals surface area contributed by atoms with Crippen LogP contribution in [0.3, 0.4) is 0 Å². The van der Waals surface area contributed by atoms with Gasteiger partial charge in [0.2, 0.25) is 0 Å². The number of ether oxygens (including phenoxy) is 1. The van der Waals surface area contributed by atoms with Gasteiger partial charge < -0.3 is 10.1 Å². The SMILES string of the molecule is CCCN1CCc2nc3ccccc3c(C(=O)OCC(=O)Nc3sc4c(c3C#N)CCC(c3ccccc3)C4)c2C1. The van der Waals surface area contributed by atoms with Gasteiger partial charge in [0.05, 0.1) is 16.6 Å². The van der Waals surface area contributed by atoms with E-state index in [0.29, 0.717) is 28.6 Å². The molecule has 0 saturated carbocycles. The molecule has 0 fully saturated rings. The van der Waals surface area contributed by atoms with Crippen molar-refractivity contribution in [1.82, 2.24) is 9.88 Å². The maximum atomic E-state index is 13.5. The number of thiophene rings is 1. The molecule has 41 heavy (non-hydrogen) atoms. The van der Waals surface area contributed by atoms with Gasteiger partial charge in [0.25, 0.3) is 5.91 Å². The van der Waals surface area contributed by atoms with E-state index in [-0.39, 0.29) is 0 Å². The highest BCUT2D eigenvalue weighted by molar-refractivity contribution is 7.16. The number of para-hydroxylation sites is 1. The second kappa shape index (κ2) is 11.8. The number of hydrogen-bond donors (Lipinski definition) is 1. The first kappa shape index (κ1) is 27.1. The van der Waals surface area contributed by atoms with Gasteiger partial charge in [-0.3, -0.25) is 14.7 Å². The maximum absolute atomic E-state index is 13.5. The molecule has 1 aliphatic heterocycles. The lowest BCUT2D eigenvalue weighted by Crippen LogP contribution is -2.33. The quantitative estimate of drug-likeness (QED) is 0.277. The first-order chi connectivity index (χ1) is 20.1. The zero-order chi connectivity index (χ0) is 28.3. The standard InChI is InChI=1S/C33H32N4O3S/c1-2-15-37-16-14-28-26(19-37)31(24-10-6-7-11-27(24)35-28)33(39)40-20-30(38)36-32-25(18-34)23-13-12-22(17-29(23)41-32)21-8-4-3-5-9-21/h3-11,22H,2,12-17,19-20H2,1H3,(H,36,38). The number of pyridine rings is 1. The summed E-state index contributed by atoms with van der Waals surface area (Å²) in [5.74, 6) is -0.578. The molecule has 0 radical (unpaired) electrons. The predicted octanol–water partition coefficient (Wildman–Crippen LogP) is 6.00. The lowest BCUT2D eigenvalue weighted by molar-refractivity contribution is -0.119. The van der Waals surface area contributed by atoms with Gasteiger partial charge in [0, 0.05) is 41.0 Å². The Bertz CT molecular complexity index is 1660. The van der Waals surface area contributed by atoms with Crippen molar-refractivity contribution < 1.29 is 14.3 Å². The van der Waals surface area contributed by atoms with Crippen LogP contribution < -0.4 is 5.32 Å². The smallest absolute Gasteiger partial charge is 0.339 e. The number of carbonyl (C=O) groups excluding carboxylic acids is 2. The minimum absolute atomic E-state index is 0.396. The fourth-order valence-electron chi connectivity index (χ4n) is 6.15. The van der Waals surface area contributed by atoms with Crippen molar-refractivity contribution in [2.45, 2.75) is 51.5 Å². The Kier molecular flexibility index (Phi) is 7.82. The molecule has 208 valence electrons. The van der Waals surface area contributed by atoms with Crippen LogP contribution in [0.5, 0.6) is 0 Å². The molecule has 8 heteroatoms. The van der Waals surface area contributed by atoms with Crippen LogP contribution in [0.4, 0.5) is 5.00 Å². The summed E-state index contributed by atoms with van der Waals surface area (Å²) < 4.78 is 5.61. The Morgan fingerprint density at radius 3 is 2.73 bits per heavy atom. The van der Waals surface area contributed by atoms with Crippen LogP contribution in [-0.4, -0.2) is 41.5 Å². The molecular weight excluding hydrogens is 532 g/mol. The van der Waals surface area contributed by atoms with Gasteiger partial charge in [-0.05, 0) is 55.3 Å². The van der Waals surface area contributed by atoms with E-state index in [9.17, 15) is 14.9 Å². The average molecular weight is 565 g/mol. The van der Waals surface area contributed by atoms with Crippen LogP contribution in [0.2, 0.25) is 0 Å². The first-order valence-electron chi connectivity index (χ1n) is 14.2. The fraction of sp³-hybridized carbons (Fsp3) is 0.333. The molecule has 2 aromatic heterocycles. The number of benzene rings is 2. The third-order valence-corrected chi connectivity index (χ3v) is 9.27. The Morgan fingerprint density at radius 2 is 1.93 bits per heavy atom. The van der Waals surface area contributed by atoms with Crippen molar-refractivity contribution in [3.63, 3.8) is 0 Å². The molecule has 1 atom stereocenters. The summed E-state index contributed by atoms with van der Waals surface area (Å²) in [4.78, 5) is 34.8. The highest BCUT2D eigenvalue weighted by atomic mass is 32.1. The van der Waals surface area contributed by atoms with Gasteiger partial charge in [-0.1, -0.05) is 55.5 Å². The topological polar surface area (TPSA) is 95.3 Å². The minimum atomic E-state index is -0.523. The van der Waals surface area contributed by atoms with Gasteiger partial charge in [-0.25, -0.2) is 4.79 Å². The van der Waals surface area contributed by atoms with E-state index < -0.39 is 18.5 Å². The molecule has 3 heterocycles. The Labute approximate surface area is 243 Å². The van der Waals surface area contributed by atoms with Crippen LogP contribution in [0.1, 0.15) is 68.9 Å². The summed E-state index contributed by atoms with van der Waals surface area (Å²) in [6, 6.07) is 20.3. The second-order valence-electron chi connectivity index (χ2n) is 10.7. The lowest BCUT2D eigenvalue weighted by Gasteiger charge is -2.29. The molecule has 1 aliphatic carbocycles. The van der Waals surface area contributed by atoms with Crippen LogP contribution in [0.25, 0.3) is 10.9 Å². The summed E-state index contributed by atoms with van der Waals surface area (Å²) in [6.45, 7) is 4.20. The van der Waals surface area contributed by atoms with Gasteiger partial charge in [0.15, 0.2) is 6.61 Å². The first-order valence-corrected chi connectivity index (χ1v) is 15.1. The van der Waals surface area contributed by atoms with Crippen LogP contribution in [-0.2, 0) is 35.3 Å². The monoisotopic (exact) mass is 564 g/mol. The third-order valence-electron chi connectivity index (χ3n) is 8.10. The summed E-state index contributed by atoms with van der Waals surface area (Å²) >= 11 is 1.46. The van der Waals surface area contributed by atoms with E-state index in [4.69, 9.17) is 9.72 Å². The lowest BCUT2D eigenvalue weighted by atomic mass is 9.83. The molecule has 0 bridgehead atoms. The van der Waals surface area contributed by atoms with Crippen molar-refractivity contribution in [3.05, 3.63) is 93.0 Å². The summed E-state index contributed by atoms with van der Waals surface area (Å²) in [7, 11) is 0. The Morgan fingerprint density at radius 1 is 1.12 bits per heavy atom.